The van der Waals surface area contributed by atoms with Crippen molar-refractivity contribution >= 4 is 12.1 Å². The highest BCUT2D eigenvalue weighted by Crippen LogP contribution is 2.30. The van der Waals surface area contributed by atoms with Crippen molar-refractivity contribution in [3.63, 3.8) is 0 Å². The molecule has 46 heavy (non-hydrogen) atoms. The number of carbonyl (C=O) groups excluding carboxylic acids is 2. The fraction of sp³-hybridized carbons (Fsp3) is 0.771. The van der Waals surface area contributed by atoms with Gasteiger partial charge in [-0.15, -0.1) is 0 Å². The summed E-state index contributed by atoms with van der Waals surface area (Å²) in [7, 11) is 3.57. The minimum Gasteiger partial charge on any atom is -0.457 e. The van der Waals surface area contributed by atoms with Crippen molar-refractivity contribution in [2.45, 2.75) is 128 Å². The van der Waals surface area contributed by atoms with Gasteiger partial charge >= 0.3 is 12.1 Å². The summed E-state index contributed by atoms with van der Waals surface area (Å²) in [5.74, 6) is -0.842. The highest BCUT2D eigenvalue weighted by Gasteiger charge is 2.38. The summed E-state index contributed by atoms with van der Waals surface area (Å²) in [4.78, 5) is 29.9. The molecule has 0 radical (unpaired) electrons. The monoisotopic (exact) mass is 652 g/mol. The van der Waals surface area contributed by atoms with E-state index in [0.29, 0.717) is 32.4 Å². The molecule has 0 saturated carbocycles. The molecule has 2 rings (SSSR count). The SMILES string of the molecule is CC[C@H](O)C(C)O[C@@H](C)CC(C)(O)/C=C/C=C(\C)[C@H]1OC(=O)C[C@H](O)CC[C@@](C)(OC)[C@@H](OC(=O)N2CCN(C)CC2)/C=C/[C@@H]1C. The molecule has 2 aliphatic heterocycles. The Balaban J connectivity index is 2.27. The van der Waals surface area contributed by atoms with Crippen LogP contribution in [-0.2, 0) is 23.7 Å². The van der Waals surface area contributed by atoms with Crippen molar-refractivity contribution in [1.82, 2.24) is 9.80 Å². The van der Waals surface area contributed by atoms with Gasteiger partial charge in [-0.3, -0.25) is 4.79 Å². The summed E-state index contributed by atoms with van der Waals surface area (Å²) in [6, 6.07) is 0. The lowest BCUT2D eigenvalue weighted by Gasteiger charge is -2.38. The molecule has 1 fully saturated rings. The van der Waals surface area contributed by atoms with Crippen LogP contribution in [0.15, 0.2) is 36.0 Å². The number of methoxy groups -OCH3 is 1. The van der Waals surface area contributed by atoms with E-state index >= 15 is 0 Å². The van der Waals surface area contributed by atoms with Gasteiger partial charge in [-0.05, 0) is 72.6 Å². The number of hydrogen-bond acceptors (Lipinski definition) is 10. The van der Waals surface area contributed by atoms with Crippen LogP contribution in [0.4, 0.5) is 4.79 Å². The maximum atomic E-state index is 13.2. The first-order chi connectivity index (χ1) is 21.5. The van der Waals surface area contributed by atoms with E-state index in [-0.39, 0.29) is 31.0 Å². The molecule has 9 atom stereocenters. The largest absolute Gasteiger partial charge is 0.457 e. The highest BCUT2D eigenvalue weighted by molar-refractivity contribution is 5.70. The molecule has 0 aliphatic carbocycles. The number of allylic oxidation sites excluding steroid dienone is 2. The van der Waals surface area contributed by atoms with Crippen LogP contribution in [0.3, 0.4) is 0 Å². The van der Waals surface area contributed by atoms with Crippen molar-refractivity contribution in [2.24, 2.45) is 5.92 Å². The van der Waals surface area contributed by atoms with E-state index in [1.165, 1.54) is 0 Å². The topological polar surface area (TPSA) is 138 Å². The molecular weight excluding hydrogens is 592 g/mol. The number of carbonyl (C=O) groups is 2. The van der Waals surface area contributed by atoms with Crippen LogP contribution in [0.25, 0.3) is 0 Å². The van der Waals surface area contributed by atoms with Gasteiger partial charge in [0.25, 0.3) is 0 Å². The van der Waals surface area contributed by atoms with Gasteiger partial charge < -0.3 is 44.1 Å². The highest BCUT2D eigenvalue weighted by atomic mass is 16.6. The molecule has 0 aromatic carbocycles. The van der Waals surface area contributed by atoms with Crippen LogP contribution in [0.5, 0.6) is 0 Å². The number of nitrogens with zero attached hydrogens (tertiary/aromatic N) is 2. The van der Waals surface area contributed by atoms with Crippen LogP contribution in [0.2, 0.25) is 0 Å². The van der Waals surface area contributed by atoms with E-state index < -0.39 is 47.7 Å². The average Bonchev–Trinajstić information content (AvgIpc) is 2.99. The Morgan fingerprint density at radius 2 is 1.89 bits per heavy atom. The second-order valence-corrected chi connectivity index (χ2v) is 13.6. The van der Waals surface area contributed by atoms with E-state index in [4.69, 9.17) is 18.9 Å². The van der Waals surface area contributed by atoms with E-state index in [2.05, 4.69) is 4.90 Å². The summed E-state index contributed by atoms with van der Waals surface area (Å²) in [6.07, 6.45) is 6.17. The second kappa shape index (κ2) is 18.3. The molecule has 3 N–H and O–H groups in total. The van der Waals surface area contributed by atoms with E-state index in [1.807, 2.05) is 54.7 Å². The number of rotatable bonds is 11. The molecule has 0 aromatic heterocycles. The van der Waals surface area contributed by atoms with Crippen LogP contribution >= 0.6 is 0 Å². The Hall–Kier alpha value is -2.28. The molecule has 11 nitrogen and oxygen atoms in total. The van der Waals surface area contributed by atoms with E-state index in [0.717, 1.165) is 18.7 Å². The van der Waals surface area contributed by atoms with Crippen LogP contribution in [-0.4, -0.2) is 125 Å². The summed E-state index contributed by atoms with van der Waals surface area (Å²) in [6.45, 7) is 15.5. The molecule has 11 heteroatoms. The van der Waals surface area contributed by atoms with Crippen molar-refractivity contribution in [2.75, 3.05) is 40.3 Å². The van der Waals surface area contributed by atoms with Gasteiger partial charge in [-0.1, -0.05) is 38.2 Å². The van der Waals surface area contributed by atoms with Crippen LogP contribution in [0, 0.1) is 5.92 Å². The Kier molecular flexibility index (Phi) is 15.9. The van der Waals surface area contributed by atoms with Gasteiger partial charge in [0.2, 0.25) is 0 Å². The number of ether oxygens (including phenoxy) is 4. The summed E-state index contributed by atoms with van der Waals surface area (Å²) in [5, 5.41) is 31.7. The number of hydrogen-bond donors (Lipinski definition) is 3. The van der Waals surface area contributed by atoms with E-state index in [9.17, 15) is 24.9 Å². The fourth-order valence-corrected chi connectivity index (χ4v) is 5.82. The molecule has 2 unspecified atom stereocenters. The quantitative estimate of drug-likeness (QED) is 0.171. The van der Waals surface area contributed by atoms with Crippen molar-refractivity contribution < 1.29 is 43.9 Å². The molecule has 1 saturated heterocycles. The number of likely N-dealkylation sites (N-methyl/N-ethyl adjacent to an activating group) is 1. The van der Waals surface area contributed by atoms with Crippen LogP contribution < -0.4 is 0 Å². The number of aliphatic hydroxyl groups is 3. The standard InChI is InChI=1S/C35H60N2O9/c1-10-29(39)27(5)44-26(4)23-34(6,42)16-11-12-24(2)32-25(3)13-14-30(45-33(41)37-20-18-36(8)19-21-37)35(7,43-9)17-15-28(38)22-31(40)46-32/h11-14,16,25-30,32,38-39,42H,10,15,17-23H2,1-9H3/b14-13+,16-11+,24-12+/t25-,26-,27?,28+,29-,30-,32+,34?,35+/m0/s1. The van der Waals surface area contributed by atoms with Crippen molar-refractivity contribution in [3.8, 4) is 0 Å². The Morgan fingerprint density at radius 3 is 2.50 bits per heavy atom. The number of cyclic esters (lactones) is 1. The molecule has 1 amide bonds. The third-order valence-electron chi connectivity index (χ3n) is 9.13. The summed E-state index contributed by atoms with van der Waals surface area (Å²) in [5.41, 5.74) is -1.39. The zero-order chi connectivity index (χ0) is 34.7. The minimum atomic E-state index is -1.18. The zero-order valence-electron chi connectivity index (χ0n) is 29.5. The predicted molar refractivity (Wildman–Crippen MR) is 177 cm³/mol. The second-order valence-electron chi connectivity index (χ2n) is 13.6. The van der Waals surface area contributed by atoms with Gasteiger partial charge in [-0.2, -0.15) is 0 Å². The first-order valence-electron chi connectivity index (χ1n) is 16.7. The Morgan fingerprint density at radius 1 is 1.24 bits per heavy atom. The maximum absolute atomic E-state index is 13.2. The summed E-state index contributed by atoms with van der Waals surface area (Å²) < 4.78 is 23.7. The predicted octanol–water partition coefficient (Wildman–Crippen LogP) is 4.00. The molecular formula is C35H60N2O9. The number of aliphatic hydroxyl groups excluding tert-OH is 2. The fourth-order valence-electron chi connectivity index (χ4n) is 5.82. The number of piperazine rings is 1. The van der Waals surface area contributed by atoms with Gasteiger partial charge in [0.1, 0.15) is 11.7 Å². The average molecular weight is 653 g/mol. The van der Waals surface area contributed by atoms with Gasteiger partial charge in [0.05, 0.1) is 36.4 Å². The third kappa shape index (κ3) is 12.7. The van der Waals surface area contributed by atoms with Gasteiger partial charge in [0.15, 0.2) is 6.10 Å². The lowest BCUT2D eigenvalue weighted by molar-refractivity contribution is -0.151. The minimum absolute atomic E-state index is 0.181. The van der Waals surface area contributed by atoms with Crippen molar-refractivity contribution in [3.05, 3.63) is 36.0 Å². The first kappa shape index (κ1) is 39.9. The smallest absolute Gasteiger partial charge is 0.410 e. The summed E-state index contributed by atoms with van der Waals surface area (Å²) >= 11 is 0. The normalized spacial score (nSPS) is 31.6. The number of amides is 1. The Bertz CT molecular complexity index is 1050. The van der Waals surface area contributed by atoms with Gasteiger partial charge in [-0.25, -0.2) is 4.79 Å². The molecule has 264 valence electrons. The molecule has 2 heterocycles. The third-order valence-corrected chi connectivity index (χ3v) is 9.13. The molecule has 0 aromatic rings. The van der Waals surface area contributed by atoms with Crippen molar-refractivity contribution in [1.29, 1.82) is 0 Å². The van der Waals surface area contributed by atoms with Gasteiger partial charge in [0, 0.05) is 45.6 Å². The number of esters is 1. The lowest BCUT2D eigenvalue weighted by Crippen LogP contribution is -2.50. The maximum Gasteiger partial charge on any atom is 0.410 e. The lowest BCUT2D eigenvalue weighted by atomic mass is 9.88. The first-order valence-corrected chi connectivity index (χ1v) is 16.7. The zero-order valence-corrected chi connectivity index (χ0v) is 29.5. The Labute approximate surface area is 276 Å². The molecule has 0 spiro atoms. The molecule has 0 bridgehead atoms. The van der Waals surface area contributed by atoms with Crippen LogP contribution in [0.1, 0.15) is 80.6 Å². The van der Waals surface area contributed by atoms with E-state index in [1.54, 1.807) is 43.2 Å². The molecule has 2 aliphatic rings.